The maximum atomic E-state index is 11.3. The highest BCUT2D eigenvalue weighted by molar-refractivity contribution is 5.91. The Hall–Kier alpha value is -3.01. The number of phenols is 1. The number of benzene rings is 2. The van der Waals surface area contributed by atoms with Gasteiger partial charge in [0, 0.05) is 22.6 Å². The summed E-state index contributed by atoms with van der Waals surface area (Å²) < 4.78 is 2.09. The lowest BCUT2D eigenvalue weighted by atomic mass is 9.90. The van der Waals surface area contributed by atoms with Crippen LogP contribution in [-0.4, -0.2) is 20.7 Å². The molecule has 1 aliphatic rings. The van der Waals surface area contributed by atoms with Crippen molar-refractivity contribution in [2.45, 2.75) is 19.8 Å². The number of nitrogens with zero attached hydrogens (tertiary/aromatic N) is 1. The smallest absolute Gasteiger partial charge is 0.339 e. The lowest BCUT2D eigenvalue weighted by molar-refractivity contribution is 0.0693. The molecule has 4 rings (SSSR count). The molecule has 0 unspecified atom stereocenters. The highest BCUT2D eigenvalue weighted by Crippen LogP contribution is 2.37. The normalized spacial score (nSPS) is 12.5. The fourth-order valence-corrected chi connectivity index (χ4v) is 3.62. The summed E-state index contributed by atoms with van der Waals surface area (Å²) in [6.45, 7) is 2.02. The Bertz CT molecular complexity index is 969. The lowest BCUT2D eigenvalue weighted by Crippen LogP contribution is -2.09. The van der Waals surface area contributed by atoms with Gasteiger partial charge in [0.15, 0.2) is 0 Å². The standard InChI is InChI=1S/C20H17NO3/c1-12-10-16-15-5-3-2-4-13(15)6-8-18(16)21(12)14-7-9-19(22)17(11-14)20(23)24/h2-5,7,9-11,22H,6,8H2,1H3,(H,23,24). The second-order valence-electron chi connectivity index (χ2n) is 6.15. The van der Waals surface area contributed by atoms with Crippen LogP contribution in [0.15, 0.2) is 48.5 Å². The van der Waals surface area contributed by atoms with Crippen molar-refractivity contribution in [2.75, 3.05) is 0 Å². The van der Waals surface area contributed by atoms with Crippen LogP contribution in [0.3, 0.4) is 0 Å². The van der Waals surface area contributed by atoms with Crippen LogP contribution < -0.4 is 0 Å². The van der Waals surface area contributed by atoms with Crippen LogP contribution in [0.25, 0.3) is 16.8 Å². The van der Waals surface area contributed by atoms with Crippen LogP contribution in [-0.2, 0) is 12.8 Å². The maximum absolute atomic E-state index is 11.3. The van der Waals surface area contributed by atoms with E-state index in [2.05, 4.69) is 28.8 Å². The third-order valence-electron chi connectivity index (χ3n) is 4.69. The van der Waals surface area contributed by atoms with Crippen molar-refractivity contribution >= 4 is 5.97 Å². The fraction of sp³-hybridized carbons (Fsp3) is 0.150. The molecule has 1 aromatic heterocycles. The molecule has 3 aromatic rings. The third kappa shape index (κ3) is 2.11. The molecule has 24 heavy (non-hydrogen) atoms. The summed E-state index contributed by atoms with van der Waals surface area (Å²) in [7, 11) is 0. The number of hydrogen-bond donors (Lipinski definition) is 2. The number of aromatic carboxylic acids is 1. The van der Waals surface area contributed by atoms with Gasteiger partial charge < -0.3 is 14.8 Å². The fourth-order valence-electron chi connectivity index (χ4n) is 3.62. The number of aromatic nitrogens is 1. The number of hydrogen-bond acceptors (Lipinski definition) is 2. The summed E-state index contributed by atoms with van der Waals surface area (Å²) in [6.07, 6.45) is 1.87. The first-order valence-corrected chi connectivity index (χ1v) is 7.92. The second kappa shape index (κ2) is 5.27. The van der Waals surface area contributed by atoms with Crippen LogP contribution in [0.4, 0.5) is 0 Å². The predicted molar refractivity (Wildman–Crippen MR) is 92.0 cm³/mol. The minimum atomic E-state index is -1.13. The zero-order chi connectivity index (χ0) is 16.8. The van der Waals surface area contributed by atoms with Gasteiger partial charge in [0.2, 0.25) is 0 Å². The van der Waals surface area contributed by atoms with Crippen molar-refractivity contribution in [3.05, 3.63) is 71.0 Å². The summed E-state index contributed by atoms with van der Waals surface area (Å²) in [6, 6.07) is 15.3. The molecule has 0 fully saturated rings. The van der Waals surface area contributed by atoms with Gasteiger partial charge in [-0.25, -0.2) is 4.79 Å². The Balaban J connectivity index is 1.92. The lowest BCUT2D eigenvalue weighted by Gasteiger charge is -2.20. The summed E-state index contributed by atoms with van der Waals surface area (Å²) in [5, 5.41) is 19.0. The molecule has 120 valence electrons. The van der Waals surface area contributed by atoms with E-state index in [4.69, 9.17) is 0 Å². The molecule has 2 N–H and O–H groups in total. The first-order chi connectivity index (χ1) is 11.6. The van der Waals surface area contributed by atoms with Crippen molar-refractivity contribution in [3.63, 3.8) is 0 Å². The molecule has 0 saturated carbocycles. The molecule has 0 amide bonds. The largest absolute Gasteiger partial charge is 0.507 e. The zero-order valence-electron chi connectivity index (χ0n) is 13.3. The average Bonchev–Trinajstić information content (AvgIpc) is 2.91. The van der Waals surface area contributed by atoms with Gasteiger partial charge in [-0.2, -0.15) is 0 Å². The number of carboxylic acid groups (broad SMARTS) is 1. The van der Waals surface area contributed by atoms with E-state index < -0.39 is 5.97 Å². The molecule has 0 atom stereocenters. The van der Waals surface area contributed by atoms with Gasteiger partial charge in [-0.05, 0) is 55.2 Å². The van der Waals surface area contributed by atoms with E-state index >= 15 is 0 Å². The van der Waals surface area contributed by atoms with E-state index in [0.717, 1.165) is 24.2 Å². The van der Waals surface area contributed by atoms with Gasteiger partial charge in [0.05, 0.1) is 0 Å². The third-order valence-corrected chi connectivity index (χ3v) is 4.69. The molecule has 2 aromatic carbocycles. The van der Waals surface area contributed by atoms with Crippen molar-refractivity contribution < 1.29 is 15.0 Å². The zero-order valence-corrected chi connectivity index (χ0v) is 13.3. The molecule has 0 spiro atoms. The van der Waals surface area contributed by atoms with Gasteiger partial charge in [0.25, 0.3) is 0 Å². The second-order valence-corrected chi connectivity index (χ2v) is 6.15. The first-order valence-electron chi connectivity index (χ1n) is 7.92. The summed E-state index contributed by atoms with van der Waals surface area (Å²) in [4.78, 5) is 11.3. The van der Waals surface area contributed by atoms with Gasteiger partial charge in [0.1, 0.15) is 11.3 Å². The number of rotatable bonds is 2. The Morgan fingerprint density at radius 1 is 1.04 bits per heavy atom. The first kappa shape index (κ1) is 14.6. The van der Waals surface area contributed by atoms with Crippen LogP contribution in [0.2, 0.25) is 0 Å². The Morgan fingerprint density at radius 2 is 1.83 bits per heavy atom. The van der Waals surface area contributed by atoms with Crippen molar-refractivity contribution in [2.24, 2.45) is 0 Å². The van der Waals surface area contributed by atoms with Crippen LogP contribution in [0.5, 0.6) is 5.75 Å². The summed E-state index contributed by atoms with van der Waals surface area (Å²) in [5.74, 6) is -1.34. The minimum absolute atomic E-state index is 0.0782. The van der Waals surface area contributed by atoms with E-state index in [0.29, 0.717) is 0 Å². The summed E-state index contributed by atoms with van der Waals surface area (Å²) in [5.41, 5.74) is 6.73. The van der Waals surface area contributed by atoms with E-state index in [-0.39, 0.29) is 11.3 Å². The number of aromatic hydroxyl groups is 1. The highest BCUT2D eigenvalue weighted by atomic mass is 16.4. The van der Waals surface area contributed by atoms with Gasteiger partial charge >= 0.3 is 5.97 Å². The van der Waals surface area contributed by atoms with Gasteiger partial charge in [-0.1, -0.05) is 24.3 Å². The molecule has 0 aliphatic heterocycles. The number of fused-ring (bicyclic) bond motifs is 3. The topological polar surface area (TPSA) is 62.5 Å². The van der Waals surface area contributed by atoms with Crippen molar-refractivity contribution in [3.8, 4) is 22.6 Å². The van der Waals surface area contributed by atoms with Crippen LogP contribution in [0, 0.1) is 6.92 Å². The highest BCUT2D eigenvalue weighted by Gasteiger charge is 2.22. The molecule has 4 heteroatoms. The van der Waals surface area contributed by atoms with Crippen molar-refractivity contribution in [1.82, 2.24) is 4.57 Å². The van der Waals surface area contributed by atoms with Crippen molar-refractivity contribution in [1.29, 1.82) is 0 Å². The molecule has 4 nitrogen and oxygen atoms in total. The molecule has 1 aliphatic carbocycles. The van der Waals surface area contributed by atoms with Gasteiger partial charge in [-0.15, -0.1) is 0 Å². The number of carboxylic acids is 1. The number of carbonyl (C=O) groups is 1. The minimum Gasteiger partial charge on any atom is -0.507 e. The Labute approximate surface area is 139 Å². The molecule has 1 heterocycles. The maximum Gasteiger partial charge on any atom is 0.339 e. The van der Waals surface area contributed by atoms with Crippen LogP contribution >= 0.6 is 0 Å². The molecule has 0 saturated heterocycles. The molecule has 0 bridgehead atoms. The average molecular weight is 319 g/mol. The summed E-state index contributed by atoms with van der Waals surface area (Å²) >= 11 is 0. The molecule has 0 radical (unpaired) electrons. The quantitative estimate of drug-likeness (QED) is 0.751. The van der Waals surface area contributed by atoms with Gasteiger partial charge in [-0.3, -0.25) is 0 Å². The SMILES string of the molecule is Cc1cc2c(n1-c1ccc(O)c(C(=O)O)c1)CCc1ccccc1-2. The van der Waals surface area contributed by atoms with E-state index in [1.165, 1.54) is 34.5 Å². The number of aryl methyl sites for hydroxylation is 2. The van der Waals surface area contributed by atoms with Crippen LogP contribution in [0.1, 0.15) is 27.3 Å². The molecular weight excluding hydrogens is 302 g/mol. The van der Waals surface area contributed by atoms with E-state index in [1.54, 1.807) is 6.07 Å². The van der Waals surface area contributed by atoms with E-state index in [9.17, 15) is 15.0 Å². The van der Waals surface area contributed by atoms with E-state index in [1.807, 2.05) is 13.0 Å². The Kier molecular flexibility index (Phi) is 3.20. The molecular formula is C20H17NO3. The Morgan fingerprint density at radius 3 is 2.62 bits per heavy atom. The predicted octanol–water partition coefficient (Wildman–Crippen LogP) is 3.96. The monoisotopic (exact) mass is 319 g/mol.